The summed E-state index contributed by atoms with van der Waals surface area (Å²) in [4.78, 5) is 0. The number of furan rings is 1. The van der Waals surface area contributed by atoms with Crippen molar-refractivity contribution in [2.75, 3.05) is 0 Å². The lowest BCUT2D eigenvalue weighted by molar-refractivity contribution is 0.666. The van der Waals surface area contributed by atoms with Crippen LogP contribution in [0.2, 0.25) is 5.02 Å². The number of aryl methyl sites for hydroxylation is 1. The smallest absolute Gasteiger partial charge is 0.138 e. The van der Waals surface area contributed by atoms with Gasteiger partial charge in [0, 0.05) is 15.8 Å². The molecule has 3 aromatic rings. The summed E-state index contributed by atoms with van der Waals surface area (Å²) < 4.78 is 5.78. The highest BCUT2D eigenvalue weighted by Crippen LogP contribution is 2.31. The molecule has 0 aliphatic carbocycles. The molecule has 0 saturated heterocycles. The second-order valence-electron chi connectivity index (χ2n) is 3.69. The first-order valence-corrected chi connectivity index (χ1v) is 5.21. The molecule has 0 aliphatic rings. The Labute approximate surface area is 92.3 Å². The highest BCUT2D eigenvalue weighted by atomic mass is 35.5. The second-order valence-corrected chi connectivity index (χ2v) is 4.13. The van der Waals surface area contributed by atoms with E-state index < -0.39 is 0 Å². The van der Waals surface area contributed by atoms with E-state index in [-0.39, 0.29) is 0 Å². The molecule has 1 nitrogen and oxygen atoms in total. The van der Waals surface area contributed by atoms with Crippen LogP contribution in [0.25, 0.3) is 21.9 Å². The molecule has 2 heteroatoms. The van der Waals surface area contributed by atoms with Crippen LogP contribution in [-0.2, 0) is 0 Å². The van der Waals surface area contributed by atoms with Crippen molar-refractivity contribution >= 4 is 33.5 Å². The number of hydrogen-bond acceptors (Lipinski definition) is 1. The number of halogens is 1. The summed E-state index contributed by atoms with van der Waals surface area (Å²) in [6.07, 6.45) is 0. The summed E-state index contributed by atoms with van der Waals surface area (Å²) in [7, 11) is 0. The monoisotopic (exact) mass is 216 g/mol. The van der Waals surface area contributed by atoms with Gasteiger partial charge in [0.2, 0.25) is 0 Å². The maximum Gasteiger partial charge on any atom is 0.138 e. The molecule has 1 aromatic heterocycles. The predicted molar refractivity (Wildman–Crippen MR) is 63.5 cm³/mol. The molecule has 0 atom stereocenters. The van der Waals surface area contributed by atoms with Crippen molar-refractivity contribution in [3.8, 4) is 0 Å². The summed E-state index contributed by atoms with van der Waals surface area (Å²) in [6.45, 7) is 2.05. The van der Waals surface area contributed by atoms with Gasteiger partial charge in [0.15, 0.2) is 0 Å². The van der Waals surface area contributed by atoms with E-state index in [4.69, 9.17) is 16.0 Å². The van der Waals surface area contributed by atoms with Crippen LogP contribution < -0.4 is 0 Å². The van der Waals surface area contributed by atoms with Crippen LogP contribution >= 0.6 is 11.6 Å². The van der Waals surface area contributed by atoms with Crippen molar-refractivity contribution in [1.29, 1.82) is 0 Å². The Bertz CT molecular complexity index is 652. The van der Waals surface area contributed by atoms with Gasteiger partial charge in [0.25, 0.3) is 0 Å². The summed E-state index contributed by atoms with van der Waals surface area (Å²) in [5.74, 6) is 0. The lowest BCUT2D eigenvalue weighted by atomic mass is 10.1. The minimum atomic E-state index is 0.742. The summed E-state index contributed by atoms with van der Waals surface area (Å²) in [5.41, 5.74) is 3.00. The van der Waals surface area contributed by atoms with Crippen molar-refractivity contribution in [3.63, 3.8) is 0 Å². The SMILES string of the molecule is Cc1cccc2c1oc1ccc(Cl)cc12. The Balaban J connectivity index is 2.58. The number of rotatable bonds is 0. The third kappa shape index (κ3) is 1.24. The van der Waals surface area contributed by atoms with Gasteiger partial charge in [-0.25, -0.2) is 0 Å². The van der Waals surface area contributed by atoms with Crippen LogP contribution in [0.4, 0.5) is 0 Å². The molecule has 3 rings (SSSR count). The molecule has 0 fully saturated rings. The normalized spacial score (nSPS) is 11.3. The first kappa shape index (κ1) is 8.81. The minimum absolute atomic E-state index is 0.742. The van der Waals surface area contributed by atoms with Crippen LogP contribution in [0.3, 0.4) is 0 Å². The van der Waals surface area contributed by atoms with E-state index in [9.17, 15) is 0 Å². The second kappa shape index (κ2) is 3.01. The maximum absolute atomic E-state index is 5.97. The van der Waals surface area contributed by atoms with Crippen molar-refractivity contribution < 1.29 is 4.42 Å². The van der Waals surface area contributed by atoms with Gasteiger partial charge in [-0.1, -0.05) is 29.8 Å². The van der Waals surface area contributed by atoms with Gasteiger partial charge < -0.3 is 4.42 Å². The zero-order valence-electron chi connectivity index (χ0n) is 8.25. The molecular weight excluding hydrogens is 208 g/mol. The maximum atomic E-state index is 5.97. The number of fused-ring (bicyclic) bond motifs is 3. The number of benzene rings is 2. The standard InChI is InChI=1S/C13H9ClO/c1-8-3-2-4-10-11-7-9(14)5-6-12(11)15-13(8)10/h2-7H,1H3. The van der Waals surface area contributed by atoms with Crippen molar-refractivity contribution in [2.45, 2.75) is 6.92 Å². The van der Waals surface area contributed by atoms with Crippen molar-refractivity contribution in [1.82, 2.24) is 0 Å². The molecule has 0 N–H and O–H groups in total. The molecule has 15 heavy (non-hydrogen) atoms. The van der Waals surface area contributed by atoms with Crippen LogP contribution in [0.15, 0.2) is 40.8 Å². The molecule has 0 saturated carbocycles. The van der Waals surface area contributed by atoms with Crippen molar-refractivity contribution in [3.05, 3.63) is 47.0 Å². The minimum Gasteiger partial charge on any atom is -0.456 e. The lowest BCUT2D eigenvalue weighted by Crippen LogP contribution is -1.71. The Kier molecular flexibility index (Phi) is 1.77. The quantitative estimate of drug-likeness (QED) is 0.537. The van der Waals surface area contributed by atoms with Gasteiger partial charge in [0.05, 0.1) is 0 Å². The summed E-state index contributed by atoms with van der Waals surface area (Å²) >= 11 is 5.97. The zero-order valence-corrected chi connectivity index (χ0v) is 9.01. The average Bonchev–Trinajstić information content (AvgIpc) is 2.58. The van der Waals surface area contributed by atoms with Gasteiger partial charge >= 0.3 is 0 Å². The van der Waals surface area contributed by atoms with Crippen molar-refractivity contribution in [2.24, 2.45) is 0 Å². The highest BCUT2D eigenvalue weighted by Gasteiger charge is 2.08. The van der Waals surface area contributed by atoms with E-state index in [1.165, 1.54) is 0 Å². The van der Waals surface area contributed by atoms with Crippen LogP contribution in [0, 0.1) is 6.92 Å². The van der Waals surface area contributed by atoms with E-state index >= 15 is 0 Å². The Morgan fingerprint density at radius 1 is 1.07 bits per heavy atom. The third-order valence-corrected chi connectivity index (χ3v) is 2.89. The Morgan fingerprint density at radius 2 is 1.93 bits per heavy atom. The molecule has 0 aliphatic heterocycles. The molecule has 0 unspecified atom stereocenters. The fraction of sp³-hybridized carbons (Fsp3) is 0.0769. The highest BCUT2D eigenvalue weighted by molar-refractivity contribution is 6.31. The van der Waals surface area contributed by atoms with E-state index in [0.717, 1.165) is 32.5 Å². The van der Waals surface area contributed by atoms with Gasteiger partial charge in [-0.2, -0.15) is 0 Å². The molecule has 0 spiro atoms. The van der Waals surface area contributed by atoms with Crippen LogP contribution in [-0.4, -0.2) is 0 Å². The van der Waals surface area contributed by atoms with Gasteiger partial charge in [-0.3, -0.25) is 0 Å². The number of para-hydroxylation sites is 1. The molecule has 0 radical (unpaired) electrons. The summed E-state index contributed by atoms with van der Waals surface area (Å²) in [6, 6.07) is 11.9. The van der Waals surface area contributed by atoms with Gasteiger partial charge in [-0.15, -0.1) is 0 Å². The lowest BCUT2D eigenvalue weighted by Gasteiger charge is -1.92. The first-order chi connectivity index (χ1) is 7.25. The summed E-state index contributed by atoms with van der Waals surface area (Å²) in [5, 5.41) is 2.96. The Hall–Kier alpha value is -1.47. The van der Waals surface area contributed by atoms with E-state index in [1.807, 2.05) is 37.3 Å². The first-order valence-electron chi connectivity index (χ1n) is 4.83. The van der Waals surface area contributed by atoms with Crippen LogP contribution in [0.1, 0.15) is 5.56 Å². The topological polar surface area (TPSA) is 13.1 Å². The van der Waals surface area contributed by atoms with Crippen LogP contribution in [0.5, 0.6) is 0 Å². The molecule has 74 valence electrons. The fourth-order valence-electron chi connectivity index (χ4n) is 1.91. The van der Waals surface area contributed by atoms with Gasteiger partial charge in [-0.05, 0) is 30.7 Å². The number of hydrogen-bond donors (Lipinski definition) is 0. The van der Waals surface area contributed by atoms with E-state index in [1.54, 1.807) is 0 Å². The zero-order chi connectivity index (χ0) is 10.4. The average molecular weight is 217 g/mol. The predicted octanol–water partition coefficient (Wildman–Crippen LogP) is 4.55. The molecule has 0 amide bonds. The Morgan fingerprint density at radius 3 is 2.80 bits per heavy atom. The molecule has 0 bridgehead atoms. The molecular formula is C13H9ClO. The van der Waals surface area contributed by atoms with E-state index in [2.05, 4.69) is 6.07 Å². The van der Waals surface area contributed by atoms with E-state index in [0.29, 0.717) is 0 Å². The largest absolute Gasteiger partial charge is 0.456 e. The molecule has 2 aromatic carbocycles. The fourth-order valence-corrected chi connectivity index (χ4v) is 2.08. The third-order valence-electron chi connectivity index (χ3n) is 2.66. The molecule has 1 heterocycles. The van der Waals surface area contributed by atoms with Gasteiger partial charge in [0.1, 0.15) is 11.2 Å².